The normalized spacial score (nSPS) is 17.7. The predicted octanol–water partition coefficient (Wildman–Crippen LogP) is 3.17. The number of carbonyl (C=O) groups is 1. The van der Waals surface area contributed by atoms with Gasteiger partial charge in [-0.25, -0.2) is 4.98 Å². The SMILES string of the molecule is CC1(NC(=O)c2cc(Br)cnc2Cl)CCC1. The number of pyridine rings is 1. The Hall–Kier alpha value is -0.610. The van der Waals surface area contributed by atoms with Crippen molar-refractivity contribution in [1.82, 2.24) is 10.3 Å². The Balaban J connectivity index is 2.17. The molecule has 0 aromatic carbocycles. The third kappa shape index (κ3) is 2.38. The van der Waals surface area contributed by atoms with Gasteiger partial charge < -0.3 is 5.32 Å². The molecule has 0 radical (unpaired) electrons. The van der Waals surface area contributed by atoms with Gasteiger partial charge in [-0.2, -0.15) is 0 Å². The lowest BCUT2D eigenvalue weighted by atomic mass is 9.78. The van der Waals surface area contributed by atoms with Gasteiger partial charge in [0.2, 0.25) is 0 Å². The molecule has 1 fully saturated rings. The van der Waals surface area contributed by atoms with Crippen LogP contribution in [0.1, 0.15) is 36.5 Å². The highest BCUT2D eigenvalue weighted by atomic mass is 79.9. The van der Waals surface area contributed by atoms with Gasteiger partial charge in [-0.1, -0.05) is 11.6 Å². The van der Waals surface area contributed by atoms with Gasteiger partial charge in [-0.3, -0.25) is 4.79 Å². The number of rotatable bonds is 2. The van der Waals surface area contributed by atoms with Crippen molar-refractivity contribution in [3.05, 3.63) is 27.5 Å². The number of amides is 1. The highest BCUT2D eigenvalue weighted by Crippen LogP contribution is 2.31. The zero-order valence-electron chi connectivity index (χ0n) is 8.89. The van der Waals surface area contributed by atoms with E-state index in [1.165, 1.54) is 6.42 Å². The number of aromatic nitrogens is 1. The van der Waals surface area contributed by atoms with Crippen molar-refractivity contribution in [3.8, 4) is 0 Å². The Morgan fingerprint density at radius 3 is 2.88 bits per heavy atom. The standard InChI is InChI=1S/C11H12BrClN2O/c1-11(3-2-4-11)15-10(16)8-5-7(12)6-14-9(8)13/h5-6H,2-4H2,1H3,(H,15,16). The van der Waals surface area contributed by atoms with Crippen LogP contribution in [0.25, 0.3) is 0 Å². The van der Waals surface area contributed by atoms with Crippen LogP contribution in [-0.2, 0) is 0 Å². The molecule has 0 aliphatic heterocycles. The fourth-order valence-electron chi connectivity index (χ4n) is 1.76. The lowest BCUT2D eigenvalue weighted by Gasteiger charge is -2.39. The van der Waals surface area contributed by atoms with Crippen molar-refractivity contribution in [3.63, 3.8) is 0 Å². The summed E-state index contributed by atoms with van der Waals surface area (Å²) >= 11 is 9.16. The van der Waals surface area contributed by atoms with Crippen LogP contribution in [0.5, 0.6) is 0 Å². The topological polar surface area (TPSA) is 42.0 Å². The number of hydrogen-bond acceptors (Lipinski definition) is 2. The van der Waals surface area contributed by atoms with Crippen molar-refractivity contribution in [2.75, 3.05) is 0 Å². The zero-order chi connectivity index (χ0) is 11.8. The number of halogens is 2. The van der Waals surface area contributed by atoms with E-state index >= 15 is 0 Å². The summed E-state index contributed by atoms with van der Waals surface area (Å²) in [7, 11) is 0. The maximum atomic E-state index is 12.0. The fourth-order valence-corrected chi connectivity index (χ4v) is 2.28. The van der Waals surface area contributed by atoms with E-state index in [9.17, 15) is 4.79 Å². The van der Waals surface area contributed by atoms with E-state index < -0.39 is 0 Å². The lowest BCUT2D eigenvalue weighted by Crippen LogP contribution is -2.51. The van der Waals surface area contributed by atoms with Crippen LogP contribution in [0.2, 0.25) is 5.15 Å². The quantitative estimate of drug-likeness (QED) is 0.853. The molecule has 1 aromatic heterocycles. The smallest absolute Gasteiger partial charge is 0.254 e. The van der Waals surface area contributed by atoms with Crippen molar-refractivity contribution in [1.29, 1.82) is 0 Å². The van der Waals surface area contributed by atoms with E-state index in [0.717, 1.165) is 17.3 Å². The van der Waals surface area contributed by atoms with Crippen LogP contribution in [0, 0.1) is 0 Å². The van der Waals surface area contributed by atoms with E-state index in [4.69, 9.17) is 11.6 Å². The Kier molecular flexibility index (Phi) is 3.22. The maximum Gasteiger partial charge on any atom is 0.254 e. The summed E-state index contributed by atoms with van der Waals surface area (Å²) in [6.45, 7) is 2.05. The largest absolute Gasteiger partial charge is 0.347 e. The van der Waals surface area contributed by atoms with Crippen LogP contribution < -0.4 is 5.32 Å². The first kappa shape index (κ1) is 11.9. The van der Waals surface area contributed by atoms with Gasteiger partial charge in [0, 0.05) is 16.2 Å². The molecule has 1 heterocycles. The molecule has 1 amide bonds. The molecular formula is C11H12BrClN2O. The molecule has 1 aliphatic rings. The Morgan fingerprint density at radius 1 is 1.62 bits per heavy atom. The van der Waals surface area contributed by atoms with Gasteiger partial charge in [-0.15, -0.1) is 0 Å². The van der Waals surface area contributed by atoms with Gasteiger partial charge in [0.05, 0.1) is 5.56 Å². The van der Waals surface area contributed by atoms with E-state index in [0.29, 0.717) is 5.56 Å². The number of nitrogens with one attached hydrogen (secondary N) is 1. The van der Waals surface area contributed by atoms with Gasteiger partial charge in [0.1, 0.15) is 5.15 Å². The van der Waals surface area contributed by atoms with Crippen LogP contribution >= 0.6 is 27.5 Å². The number of hydrogen-bond donors (Lipinski definition) is 1. The summed E-state index contributed by atoms with van der Waals surface area (Å²) in [5, 5.41) is 3.23. The van der Waals surface area contributed by atoms with Gasteiger partial charge in [0.25, 0.3) is 5.91 Å². The highest BCUT2D eigenvalue weighted by molar-refractivity contribution is 9.10. The van der Waals surface area contributed by atoms with Gasteiger partial charge >= 0.3 is 0 Å². The summed E-state index contributed by atoms with van der Waals surface area (Å²) in [6, 6.07) is 1.69. The molecule has 16 heavy (non-hydrogen) atoms. The summed E-state index contributed by atoms with van der Waals surface area (Å²) in [6.07, 6.45) is 4.79. The molecule has 1 aliphatic carbocycles. The molecule has 0 bridgehead atoms. The molecule has 1 N–H and O–H groups in total. The van der Waals surface area contributed by atoms with E-state index in [1.54, 1.807) is 12.3 Å². The van der Waals surface area contributed by atoms with E-state index in [1.807, 2.05) is 6.92 Å². The van der Waals surface area contributed by atoms with Crippen molar-refractivity contribution >= 4 is 33.4 Å². The summed E-state index contributed by atoms with van der Waals surface area (Å²) in [5.41, 5.74) is 0.354. The van der Waals surface area contributed by atoms with Crippen LogP contribution in [0.4, 0.5) is 0 Å². The second-order valence-corrected chi connectivity index (χ2v) is 5.63. The molecule has 1 saturated carbocycles. The number of carbonyl (C=O) groups excluding carboxylic acids is 1. The first-order valence-corrected chi connectivity index (χ1v) is 6.31. The predicted molar refractivity (Wildman–Crippen MR) is 66.7 cm³/mol. The minimum atomic E-state index is -0.152. The molecular weight excluding hydrogens is 291 g/mol. The first-order valence-electron chi connectivity index (χ1n) is 5.14. The molecule has 86 valence electrons. The van der Waals surface area contributed by atoms with Gasteiger partial charge in [0.15, 0.2) is 0 Å². The van der Waals surface area contributed by atoms with Crippen molar-refractivity contribution in [2.45, 2.75) is 31.7 Å². The fraction of sp³-hybridized carbons (Fsp3) is 0.455. The summed E-state index contributed by atoms with van der Waals surface area (Å²) < 4.78 is 0.751. The first-order chi connectivity index (χ1) is 7.50. The average molecular weight is 304 g/mol. The van der Waals surface area contributed by atoms with E-state index in [-0.39, 0.29) is 16.6 Å². The van der Waals surface area contributed by atoms with E-state index in [2.05, 4.69) is 26.2 Å². The average Bonchev–Trinajstić information content (AvgIpc) is 2.19. The molecule has 3 nitrogen and oxygen atoms in total. The molecule has 1 aromatic rings. The van der Waals surface area contributed by atoms with Crippen LogP contribution in [0.3, 0.4) is 0 Å². The second-order valence-electron chi connectivity index (χ2n) is 4.36. The molecule has 2 rings (SSSR count). The third-order valence-electron chi connectivity index (χ3n) is 2.92. The Labute approximate surface area is 108 Å². The molecule has 5 heteroatoms. The monoisotopic (exact) mass is 302 g/mol. The molecule has 0 unspecified atom stereocenters. The molecule has 0 atom stereocenters. The van der Waals surface area contributed by atoms with Crippen LogP contribution in [-0.4, -0.2) is 16.4 Å². The summed E-state index contributed by atoms with van der Waals surface area (Å²) in [5.74, 6) is -0.152. The Bertz CT molecular complexity index is 432. The third-order valence-corrected chi connectivity index (χ3v) is 3.66. The summed E-state index contributed by atoms with van der Waals surface area (Å²) in [4.78, 5) is 15.9. The highest BCUT2D eigenvalue weighted by Gasteiger charge is 2.33. The molecule has 0 saturated heterocycles. The molecule has 0 spiro atoms. The minimum Gasteiger partial charge on any atom is -0.347 e. The van der Waals surface area contributed by atoms with Crippen molar-refractivity contribution in [2.24, 2.45) is 0 Å². The van der Waals surface area contributed by atoms with Crippen LogP contribution in [0.15, 0.2) is 16.7 Å². The lowest BCUT2D eigenvalue weighted by molar-refractivity contribution is 0.0850. The Morgan fingerprint density at radius 2 is 2.31 bits per heavy atom. The second kappa shape index (κ2) is 4.34. The minimum absolute atomic E-state index is 0.0667. The zero-order valence-corrected chi connectivity index (χ0v) is 11.2. The maximum absolute atomic E-state index is 12.0. The van der Waals surface area contributed by atoms with Gasteiger partial charge in [-0.05, 0) is 48.2 Å². The number of nitrogens with zero attached hydrogens (tertiary/aromatic N) is 1. The van der Waals surface area contributed by atoms with Crippen molar-refractivity contribution < 1.29 is 4.79 Å².